The lowest BCUT2D eigenvalue weighted by Gasteiger charge is -2.43. The Hall–Kier alpha value is -2.85. The van der Waals surface area contributed by atoms with Crippen LogP contribution in [0.1, 0.15) is 32.3 Å². The molecular weight excluding hydrogens is 451 g/mol. The fraction of sp³-hybridized carbons (Fsp3) is 0.500. The fourth-order valence-corrected chi connectivity index (χ4v) is 5.30. The quantitative estimate of drug-likeness (QED) is 0.701. The number of aromatic nitrogens is 1. The number of ether oxygens (including phenoxy) is 3. The third kappa shape index (κ3) is 4.32. The van der Waals surface area contributed by atoms with E-state index >= 15 is 0 Å². The van der Waals surface area contributed by atoms with Gasteiger partial charge in [0.25, 0.3) is 5.91 Å². The van der Waals surface area contributed by atoms with E-state index in [0.717, 1.165) is 24.5 Å². The third-order valence-corrected chi connectivity index (χ3v) is 6.74. The lowest BCUT2D eigenvalue weighted by Crippen LogP contribution is -2.54. The third-order valence-electron chi connectivity index (χ3n) is 6.74. The Labute approximate surface area is 195 Å². The molecule has 34 heavy (non-hydrogen) atoms. The molecule has 1 N–H and O–H groups in total. The molecule has 4 aliphatic rings. The van der Waals surface area contributed by atoms with Crippen molar-refractivity contribution in [2.45, 2.75) is 56.3 Å². The molecule has 1 saturated carbocycles. The van der Waals surface area contributed by atoms with E-state index in [1.54, 1.807) is 18.3 Å². The van der Waals surface area contributed by atoms with E-state index in [0.29, 0.717) is 25.1 Å². The number of alkyl halides is 3. The molecule has 6 rings (SSSR count). The highest BCUT2D eigenvalue weighted by atomic mass is 19.4. The van der Waals surface area contributed by atoms with Crippen molar-refractivity contribution >= 4 is 17.4 Å². The Morgan fingerprint density at radius 1 is 1.12 bits per heavy atom. The maximum Gasteiger partial charge on any atom is 0.573 e. The fourth-order valence-electron chi connectivity index (χ4n) is 5.30. The number of carbonyl (C=O) groups excluding carboxylic acids is 1. The summed E-state index contributed by atoms with van der Waals surface area (Å²) in [4.78, 5) is 19.7. The van der Waals surface area contributed by atoms with Crippen LogP contribution in [0.15, 0.2) is 42.6 Å². The molecule has 3 saturated heterocycles. The van der Waals surface area contributed by atoms with E-state index < -0.39 is 12.0 Å². The summed E-state index contributed by atoms with van der Waals surface area (Å²) in [5.74, 6) is 0.323. The molecule has 1 aliphatic carbocycles. The molecule has 2 aromatic rings. The summed E-state index contributed by atoms with van der Waals surface area (Å²) in [5.41, 5.74) is 0.108. The molecule has 1 aromatic carbocycles. The van der Waals surface area contributed by atoms with Crippen LogP contribution in [-0.4, -0.2) is 54.8 Å². The summed E-state index contributed by atoms with van der Waals surface area (Å²) in [5, 5.41) is 2.90. The van der Waals surface area contributed by atoms with Crippen LogP contribution in [0.25, 0.3) is 0 Å². The van der Waals surface area contributed by atoms with Gasteiger partial charge in [0.05, 0.1) is 30.7 Å². The Bertz CT molecular complexity index is 1040. The summed E-state index contributed by atoms with van der Waals surface area (Å²) in [7, 11) is 0. The van der Waals surface area contributed by atoms with Gasteiger partial charge in [-0.15, -0.1) is 13.2 Å². The van der Waals surface area contributed by atoms with Crippen molar-refractivity contribution in [3.05, 3.63) is 48.2 Å². The minimum Gasteiger partial charge on any atom is -0.406 e. The van der Waals surface area contributed by atoms with Gasteiger partial charge in [-0.05, 0) is 56.5 Å². The van der Waals surface area contributed by atoms with Gasteiger partial charge in [-0.1, -0.05) is 12.1 Å². The van der Waals surface area contributed by atoms with Crippen LogP contribution in [0.3, 0.4) is 0 Å². The minimum atomic E-state index is -4.73. The maximum atomic E-state index is 13.0. The van der Waals surface area contributed by atoms with Gasteiger partial charge in [0.2, 0.25) is 0 Å². The molecule has 10 heteroatoms. The number of hydrogen-bond acceptors (Lipinski definition) is 6. The standard InChI is InChI=1S/C24H26F3N3O4/c1-15-10-30(11-16(2)33-15)20-8-5-18(9-28-20)29-21(31)23-12-22(13-23,14-32-23)17-3-6-19(7-4-17)34-24(25,26)27/h3-9,15-16H,10-14H2,1-2H3,(H,29,31)/t15-,16+,22?,23?. The number of pyridine rings is 1. The summed E-state index contributed by atoms with van der Waals surface area (Å²) in [6, 6.07) is 9.49. The number of benzene rings is 1. The molecule has 0 radical (unpaired) electrons. The lowest BCUT2D eigenvalue weighted by atomic mass is 9.59. The van der Waals surface area contributed by atoms with Gasteiger partial charge in [0.1, 0.15) is 17.2 Å². The molecule has 3 aliphatic heterocycles. The predicted octanol–water partition coefficient (Wildman–Crippen LogP) is 4.03. The number of nitrogens with zero attached hydrogens (tertiary/aromatic N) is 2. The highest BCUT2D eigenvalue weighted by molar-refractivity contribution is 5.99. The second-order valence-corrected chi connectivity index (χ2v) is 9.51. The second-order valence-electron chi connectivity index (χ2n) is 9.51. The van der Waals surface area contributed by atoms with Crippen LogP contribution >= 0.6 is 0 Å². The predicted molar refractivity (Wildman–Crippen MR) is 118 cm³/mol. The topological polar surface area (TPSA) is 72.9 Å². The van der Waals surface area contributed by atoms with Crippen LogP contribution in [0.5, 0.6) is 5.75 Å². The number of morpholine rings is 1. The van der Waals surface area contributed by atoms with Crippen molar-refractivity contribution in [2.24, 2.45) is 0 Å². The van der Waals surface area contributed by atoms with Gasteiger partial charge < -0.3 is 24.4 Å². The maximum absolute atomic E-state index is 13.0. The molecule has 7 nitrogen and oxygen atoms in total. The van der Waals surface area contributed by atoms with E-state index in [-0.39, 0.29) is 29.3 Å². The zero-order chi connectivity index (χ0) is 24.1. The summed E-state index contributed by atoms with van der Waals surface area (Å²) >= 11 is 0. The first-order chi connectivity index (χ1) is 16.1. The van der Waals surface area contributed by atoms with E-state index in [9.17, 15) is 18.0 Å². The molecule has 0 spiro atoms. The van der Waals surface area contributed by atoms with Crippen LogP contribution in [0, 0.1) is 0 Å². The average molecular weight is 477 g/mol. The number of rotatable bonds is 5. The Morgan fingerprint density at radius 3 is 2.38 bits per heavy atom. The van der Waals surface area contributed by atoms with Gasteiger partial charge in [0, 0.05) is 18.5 Å². The molecule has 1 aromatic heterocycles. The van der Waals surface area contributed by atoms with Gasteiger partial charge in [-0.3, -0.25) is 4.79 Å². The molecular formula is C24H26F3N3O4. The molecule has 0 unspecified atom stereocenters. The van der Waals surface area contributed by atoms with E-state index in [2.05, 4.69) is 19.9 Å². The minimum absolute atomic E-state index is 0.121. The second kappa shape index (κ2) is 8.13. The number of fused-ring (bicyclic) bond motifs is 1. The number of amides is 1. The van der Waals surface area contributed by atoms with Crippen molar-refractivity contribution in [1.82, 2.24) is 4.98 Å². The zero-order valence-electron chi connectivity index (χ0n) is 18.9. The lowest BCUT2D eigenvalue weighted by molar-refractivity contribution is -0.274. The van der Waals surface area contributed by atoms with Crippen LogP contribution in [0.2, 0.25) is 0 Å². The van der Waals surface area contributed by atoms with Gasteiger partial charge in [-0.25, -0.2) is 4.98 Å². The SMILES string of the molecule is C[C@@H]1CN(c2ccc(NC(=O)C34CC(c5ccc(OC(F)(F)F)cc5)(CO3)C4)cn2)C[C@H](C)O1. The van der Waals surface area contributed by atoms with Crippen molar-refractivity contribution in [2.75, 3.05) is 29.9 Å². The number of halogens is 3. The van der Waals surface area contributed by atoms with Crippen LogP contribution < -0.4 is 15.0 Å². The molecule has 1 amide bonds. The number of carbonyl (C=O) groups is 1. The van der Waals surface area contributed by atoms with Gasteiger partial charge >= 0.3 is 6.36 Å². The number of nitrogens with one attached hydrogen (secondary N) is 1. The summed E-state index contributed by atoms with van der Waals surface area (Å²) in [6.45, 7) is 5.91. The highest BCUT2D eigenvalue weighted by Crippen LogP contribution is 2.59. The first-order valence-corrected chi connectivity index (χ1v) is 11.2. The van der Waals surface area contributed by atoms with Crippen molar-refractivity contribution < 1.29 is 32.2 Å². The van der Waals surface area contributed by atoms with Crippen LogP contribution in [0.4, 0.5) is 24.7 Å². The molecule has 4 heterocycles. The normalized spacial score (nSPS) is 30.6. The van der Waals surface area contributed by atoms with Crippen LogP contribution in [-0.2, 0) is 19.7 Å². The first-order valence-electron chi connectivity index (χ1n) is 11.2. The summed E-state index contributed by atoms with van der Waals surface area (Å²) in [6.07, 6.45) is -1.91. The van der Waals surface area contributed by atoms with Crippen molar-refractivity contribution in [3.8, 4) is 5.75 Å². The number of anilines is 2. The molecule has 182 valence electrons. The number of hydrogen-bond donors (Lipinski definition) is 1. The Kier molecular flexibility index (Phi) is 5.48. The van der Waals surface area contributed by atoms with E-state index in [4.69, 9.17) is 9.47 Å². The smallest absolute Gasteiger partial charge is 0.406 e. The average Bonchev–Trinajstić information content (AvgIpc) is 3.31. The van der Waals surface area contributed by atoms with E-state index in [1.165, 1.54) is 12.1 Å². The largest absolute Gasteiger partial charge is 0.573 e. The first kappa shape index (κ1) is 22.9. The van der Waals surface area contributed by atoms with Crippen molar-refractivity contribution in [3.63, 3.8) is 0 Å². The van der Waals surface area contributed by atoms with Crippen molar-refractivity contribution in [1.29, 1.82) is 0 Å². The molecule has 4 fully saturated rings. The Morgan fingerprint density at radius 2 is 1.79 bits per heavy atom. The molecule has 2 atom stereocenters. The van der Waals surface area contributed by atoms with E-state index in [1.807, 2.05) is 26.0 Å². The highest BCUT2D eigenvalue weighted by Gasteiger charge is 2.66. The molecule has 2 bridgehead atoms. The zero-order valence-corrected chi connectivity index (χ0v) is 18.9. The monoisotopic (exact) mass is 477 g/mol. The Balaban J connectivity index is 1.20. The summed E-state index contributed by atoms with van der Waals surface area (Å²) < 4.78 is 52.8. The van der Waals surface area contributed by atoms with Gasteiger partial charge in [0.15, 0.2) is 0 Å². The van der Waals surface area contributed by atoms with Gasteiger partial charge in [-0.2, -0.15) is 0 Å².